The average molecular weight is 265 g/mol. The molecule has 1 fully saturated rings. The predicted molar refractivity (Wildman–Crippen MR) is 73.4 cm³/mol. The fourth-order valence-corrected chi connectivity index (χ4v) is 2.45. The molecule has 19 heavy (non-hydrogen) atoms. The molecule has 2 atom stereocenters. The van der Waals surface area contributed by atoms with Crippen LogP contribution in [0.15, 0.2) is 24.3 Å². The lowest BCUT2D eigenvalue weighted by atomic mass is 10.1. The number of anilines is 1. The zero-order valence-electron chi connectivity index (χ0n) is 11.1. The van der Waals surface area contributed by atoms with Gasteiger partial charge in [0, 0.05) is 18.3 Å². The van der Waals surface area contributed by atoms with Gasteiger partial charge in [0.25, 0.3) is 0 Å². The molecule has 1 saturated heterocycles. The summed E-state index contributed by atoms with van der Waals surface area (Å²) in [6.45, 7) is 3.12. The third-order valence-corrected chi connectivity index (χ3v) is 3.45. The van der Waals surface area contributed by atoms with Gasteiger partial charge in [0.1, 0.15) is 11.9 Å². The van der Waals surface area contributed by atoms with Crippen molar-refractivity contribution in [2.45, 2.75) is 31.8 Å². The number of halogens is 1. The van der Waals surface area contributed by atoms with Crippen LogP contribution in [-0.4, -0.2) is 31.1 Å². The Bertz CT molecular complexity index is 452. The van der Waals surface area contributed by atoms with Crippen molar-refractivity contribution in [3.63, 3.8) is 0 Å². The monoisotopic (exact) mass is 265 g/mol. The smallest absolute Gasteiger partial charge is 0.242 e. The van der Waals surface area contributed by atoms with E-state index in [4.69, 9.17) is 5.73 Å². The molecule has 0 saturated carbocycles. The highest BCUT2D eigenvalue weighted by molar-refractivity contribution is 5.86. The summed E-state index contributed by atoms with van der Waals surface area (Å²) < 4.78 is 13.4. The fraction of sp³-hybridized carbons (Fsp3) is 0.500. The van der Waals surface area contributed by atoms with E-state index < -0.39 is 0 Å². The Kier molecular flexibility index (Phi) is 4.37. The first-order valence-corrected chi connectivity index (χ1v) is 6.64. The van der Waals surface area contributed by atoms with Gasteiger partial charge < -0.3 is 16.0 Å². The van der Waals surface area contributed by atoms with Gasteiger partial charge in [-0.15, -0.1) is 0 Å². The molecule has 1 heterocycles. The number of amides is 1. The summed E-state index contributed by atoms with van der Waals surface area (Å²) in [6.07, 6.45) is 1.40. The minimum atomic E-state index is -0.322. The predicted octanol–water partition coefficient (Wildman–Crippen LogP) is 1.26. The number of benzene rings is 1. The topological polar surface area (TPSA) is 58.4 Å². The number of carbonyl (C=O) groups is 1. The van der Waals surface area contributed by atoms with E-state index >= 15 is 0 Å². The number of nitrogens with two attached hydrogens (primary N) is 1. The van der Waals surface area contributed by atoms with Gasteiger partial charge >= 0.3 is 0 Å². The first-order valence-electron chi connectivity index (χ1n) is 6.64. The Labute approximate surface area is 112 Å². The summed E-state index contributed by atoms with van der Waals surface area (Å²) in [6, 6.07) is 6.17. The molecule has 104 valence electrons. The van der Waals surface area contributed by atoms with E-state index in [0.29, 0.717) is 19.5 Å². The number of rotatable bonds is 3. The van der Waals surface area contributed by atoms with Gasteiger partial charge in [-0.1, -0.05) is 6.07 Å². The van der Waals surface area contributed by atoms with Gasteiger partial charge in [-0.2, -0.15) is 0 Å². The van der Waals surface area contributed by atoms with Gasteiger partial charge in [0.15, 0.2) is 0 Å². The maximum atomic E-state index is 13.4. The summed E-state index contributed by atoms with van der Waals surface area (Å²) in [5.41, 5.74) is 6.34. The van der Waals surface area contributed by atoms with E-state index in [1.54, 1.807) is 6.07 Å². The zero-order valence-corrected chi connectivity index (χ0v) is 11.1. The van der Waals surface area contributed by atoms with E-state index in [1.807, 2.05) is 17.9 Å². The first-order chi connectivity index (χ1) is 9.11. The number of nitrogens with one attached hydrogen (secondary N) is 1. The highest BCUT2D eigenvalue weighted by atomic mass is 19.1. The maximum Gasteiger partial charge on any atom is 0.242 e. The third-order valence-electron chi connectivity index (χ3n) is 3.45. The summed E-state index contributed by atoms with van der Waals surface area (Å²) in [7, 11) is 0. The normalized spacial score (nSPS) is 23.9. The third kappa shape index (κ3) is 3.23. The number of hydrogen-bond donors (Lipinski definition) is 2. The Morgan fingerprint density at radius 2 is 2.32 bits per heavy atom. The van der Waals surface area contributed by atoms with Gasteiger partial charge in [-0.25, -0.2) is 4.39 Å². The van der Waals surface area contributed by atoms with Gasteiger partial charge in [-0.3, -0.25) is 4.79 Å². The lowest BCUT2D eigenvalue weighted by Crippen LogP contribution is -2.46. The first kappa shape index (κ1) is 13.8. The SMILES string of the molecule is CC1CCN(c2cccc(F)c2)C(CCN)C(=O)N1. The fourth-order valence-electron chi connectivity index (χ4n) is 2.45. The Balaban J connectivity index is 2.30. The second-order valence-electron chi connectivity index (χ2n) is 4.96. The molecule has 0 radical (unpaired) electrons. The van der Waals surface area contributed by atoms with Crippen LogP contribution in [0.2, 0.25) is 0 Å². The molecule has 2 rings (SSSR count). The molecule has 5 heteroatoms. The van der Waals surface area contributed by atoms with Crippen LogP contribution in [0.5, 0.6) is 0 Å². The van der Waals surface area contributed by atoms with E-state index in [0.717, 1.165) is 12.1 Å². The van der Waals surface area contributed by atoms with Gasteiger partial charge in [0.2, 0.25) is 5.91 Å². The molecule has 0 aliphatic carbocycles. The maximum absolute atomic E-state index is 13.4. The Morgan fingerprint density at radius 1 is 1.53 bits per heavy atom. The average Bonchev–Trinajstić information content (AvgIpc) is 2.50. The molecule has 1 aliphatic heterocycles. The molecule has 0 spiro atoms. The summed E-state index contributed by atoms with van der Waals surface area (Å²) in [4.78, 5) is 14.1. The molecule has 0 aromatic heterocycles. The highest BCUT2D eigenvalue weighted by Gasteiger charge is 2.29. The van der Waals surface area contributed by atoms with Crippen LogP contribution >= 0.6 is 0 Å². The highest BCUT2D eigenvalue weighted by Crippen LogP contribution is 2.22. The van der Waals surface area contributed by atoms with Crippen molar-refractivity contribution in [1.82, 2.24) is 5.32 Å². The lowest BCUT2D eigenvalue weighted by Gasteiger charge is -2.30. The van der Waals surface area contributed by atoms with Crippen LogP contribution < -0.4 is 16.0 Å². The molecule has 3 N–H and O–H groups in total. The van der Waals surface area contributed by atoms with Crippen molar-refractivity contribution in [2.75, 3.05) is 18.0 Å². The second-order valence-corrected chi connectivity index (χ2v) is 4.96. The molecular weight excluding hydrogens is 245 g/mol. The molecular formula is C14H20FN3O. The Hall–Kier alpha value is -1.62. The van der Waals surface area contributed by atoms with Crippen LogP contribution in [0.3, 0.4) is 0 Å². The van der Waals surface area contributed by atoms with Crippen LogP contribution in [-0.2, 0) is 4.79 Å². The molecule has 1 aromatic carbocycles. The Morgan fingerprint density at radius 3 is 3.00 bits per heavy atom. The summed E-state index contributed by atoms with van der Waals surface area (Å²) >= 11 is 0. The number of hydrogen-bond acceptors (Lipinski definition) is 3. The quantitative estimate of drug-likeness (QED) is 0.865. The van der Waals surface area contributed by atoms with E-state index in [9.17, 15) is 9.18 Å². The van der Waals surface area contributed by atoms with E-state index in [-0.39, 0.29) is 23.8 Å². The van der Waals surface area contributed by atoms with Crippen LogP contribution in [0.25, 0.3) is 0 Å². The minimum Gasteiger partial charge on any atom is -0.359 e. The summed E-state index contributed by atoms with van der Waals surface area (Å²) in [5, 5.41) is 2.96. The second kappa shape index (κ2) is 6.02. The van der Waals surface area contributed by atoms with Gasteiger partial charge in [0.05, 0.1) is 0 Å². The van der Waals surface area contributed by atoms with Gasteiger partial charge in [-0.05, 0) is 44.5 Å². The van der Waals surface area contributed by atoms with Crippen molar-refractivity contribution in [3.05, 3.63) is 30.1 Å². The van der Waals surface area contributed by atoms with Crippen LogP contribution in [0, 0.1) is 5.82 Å². The molecule has 2 unspecified atom stereocenters. The zero-order chi connectivity index (χ0) is 13.8. The van der Waals surface area contributed by atoms with Crippen molar-refractivity contribution < 1.29 is 9.18 Å². The largest absolute Gasteiger partial charge is 0.359 e. The number of nitrogens with zero attached hydrogens (tertiary/aromatic N) is 1. The molecule has 1 aromatic rings. The standard InChI is InChI=1S/C14H20FN3O/c1-10-6-8-18(12-4-2-3-11(15)9-12)13(5-7-16)14(19)17-10/h2-4,9-10,13H,5-8,16H2,1H3,(H,17,19). The minimum absolute atomic E-state index is 0.0280. The van der Waals surface area contributed by atoms with Crippen molar-refractivity contribution in [3.8, 4) is 0 Å². The lowest BCUT2D eigenvalue weighted by molar-refractivity contribution is -0.122. The number of carbonyl (C=O) groups excluding carboxylic acids is 1. The molecule has 4 nitrogen and oxygen atoms in total. The van der Waals surface area contributed by atoms with E-state index in [1.165, 1.54) is 12.1 Å². The molecule has 1 aliphatic rings. The summed E-state index contributed by atoms with van der Waals surface area (Å²) in [5.74, 6) is -0.318. The molecule has 1 amide bonds. The van der Waals surface area contributed by atoms with Crippen molar-refractivity contribution in [1.29, 1.82) is 0 Å². The van der Waals surface area contributed by atoms with Crippen LogP contribution in [0.1, 0.15) is 19.8 Å². The van der Waals surface area contributed by atoms with Crippen LogP contribution in [0.4, 0.5) is 10.1 Å². The van der Waals surface area contributed by atoms with Crippen molar-refractivity contribution in [2.24, 2.45) is 5.73 Å². The van der Waals surface area contributed by atoms with Crippen molar-refractivity contribution >= 4 is 11.6 Å². The molecule has 0 bridgehead atoms. The van der Waals surface area contributed by atoms with E-state index in [2.05, 4.69) is 5.32 Å².